The number of likely N-dealkylation sites (tertiary alicyclic amines) is 1. The molecule has 0 atom stereocenters. The lowest BCUT2D eigenvalue weighted by Crippen LogP contribution is -2.51. The summed E-state index contributed by atoms with van der Waals surface area (Å²) in [5.74, 6) is 2.74. The third-order valence-corrected chi connectivity index (χ3v) is 8.13. The van der Waals surface area contributed by atoms with Gasteiger partial charge in [-0.15, -0.1) is 0 Å². The van der Waals surface area contributed by atoms with E-state index in [0.717, 1.165) is 107 Å². The molecule has 3 aliphatic rings. The molecule has 0 saturated carbocycles. The van der Waals surface area contributed by atoms with Crippen LogP contribution in [-0.2, 0) is 9.53 Å². The number of piperazine rings is 1. The maximum atomic E-state index is 12.8. The molecule has 1 aromatic carbocycles. The van der Waals surface area contributed by atoms with Crippen LogP contribution in [0.1, 0.15) is 19.8 Å². The molecule has 37 heavy (non-hydrogen) atoms. The first-order valence-corrected chi connectivity index (χ1v) is 14.7. The van der Waals surface area contributed by atoms with Crippen LogP contribution < -0.4 is 15.1 Å². The Kier molecular flexibility index (Phi) is 8.68. The number of nitrogens with zero attached hydrogens (tertiary/aromatic N) is 6. The molecule has 2 aromatic rings. The summed E-state index contributed by atoms with van der Waals surface area (Å²) in [5.41, 5.74) is 2.22. The highest BCUT2D eigenvalue weighted by Gasteiger charge is 2.25. The molecule has 3 aliphatic heterocycles. The zero-order valence-electron chi connectivity index (χ0n) is 22.1. The van der Waals surface area contributed by atoms with Gasteiger partial charge in [0.2, 0.25) is 5.91 Å². The normalized spacial score (nSPS) is 19.8. The lowest BCUT2D eigenvalue weighted by Gasteiger charge is -2.37. The number of carbonyl (C=O) groups excluding carboxylic acids is 1. The fourth-order valence-electron chi connectivity index (χ4n) is 5.14. The van der Waals surface area contributed by atoms with Crippen LogP contribution >= 0.6 is 11.8 Å². The average molecular weight is 526 g/mol. The van der Waals surface area contributed by atoms with Crippen molar-refractivity contribution in [1.29, 1.82) is 0 Å². The second-order valence-electron chi connectivity index (χ2n) is 10.2. The van der Waals surface area contributed by atoms with E-state index >= 15 is 0 Å². The van der Waals surface area contributed by atoms with Gasteiger partial charge in [-0.2, -0.15) is 0 Å². The van der Waals surface area contributed by atoms with Crippen molar-refractivity contribution in [2.75, 3.05) is 93.5 Å². The quantitative estimate of drug-likeness (QED) is 0.433. The summed E-state index contributed by atoms with van der Waals surface area (Å²) in [5, 5.41) is 4.22. The van der Waals surface area contributed by atoms with E-state index in [9.17, 15) is 4.79 Å². The van der Waals surface area contributed by atoms with Crippen molar-refractivity contribution in [1.82, 2.24) is 19.8 Å². The highest BCUT2D eigenvalue weighted by Crippen LogP contribution is 2.26. The molecule has 0 aliphatic carbocycles. The second-order valence-corrected chi connectivity index (χ2v) is 11.0. The Morgan fingerprint density at radius 2 is 1.68 bits per heavy atom. The number of carbonyl (C=O) groups is 1. The molecular formula is C27H39N7O2S. The van der Waals surface area contributed by atoms with Gasteiger partial charge in [0.1, 0.15) is 11.6 Å². The van der Waals surface area contributed by atoms with Gasteiger partial charge in [-0.1, -0.05) is 18.7 Å². The van der Waals surface area contributed by atoms with Crippen molar-refractivity contribution >= 4 is 40.7 Å². The Hall–Kier alpha value is -2.56. The molecule has 1 amide bonds. The van der Waals surface area contributed by atoms with Crippen molar-refractivity contribution < 1.29 is 9.53 Å². The van der Waals surface area contributed by atoms with Gasteiger partial charge in [0.15, 0.2) is 5.16 Å². The molecule has 4 heterocycles. The van der Waals surface area contributed by atoms with Crippen molar-refractivity contribution in [3.05, 3.63) is 30.3 Å². The standard InChI is InChI=1S/C27H39N7O2S/c1-21-7-9-34(10-8-21)26(35)20-31-11-13-33(14-12-31)25-19-24(29-27(30-25)37-2)28-22-3-5-23(6-4-22)32-15-17-36-18-16-32/h3-6,19,21H,7-18,20H2,1-2H3,(H,28,29,30). The number of nitrogens with one attached hydrogen (secondary N) is 1. The number of amides is 1. The van der Waals surface area contributed by atoms with Crippen LogP contribution in [0.4, 0.5) is 23.0 Å². The minimum absolute atomic E-state index is 0.276. The summed E-state index contributed by atoms with van der Waals surface area (Å²) in [4.78, 5) is 31.2. The number of morpholine rings is 1. The maximum absolute atomic E-state index is 12.8. The van der Waals surface area contributed by atoms with Crippen molar-refractivity contribution in [3.8, 4) is 0 Å². The number of aromatic nitrogens is 2. The zero-order valence-corrected chi connectivity index (χ0v) is 22.9. The third kappa shape index (κ3) is 6.86. The first-order valence-electron chi connectivity index (χ1n) is 13.5. The topological polar surface area (TPSA) is 77.1 Å². The number of ether oxygens (including phenoxy) is 1. The highest BCUT2D eigenvalue weighted by molar-refractivity contribution is 7.98. The Morgan fingerprint density at radius 3 is 2.35 bits per heavy atom. The number of thioether (sulfide) groups is 1. The zero-order chi connectivity index (χ0) is 25.6. The molecule has 10 heteroatoms. The second kappa shape index (κ2) is 12.3. The summed E-state index contributed by atoms with van der Waals surface area (Å²) >= 11 is 1.55. The number of hydrogen-bond donors (Lipinski definition) is 1. The Morgan fingerprint density at radius 1 is 0.973 bits per heavy atom. The number of rotatable bonds is 7. The summed E-state index contributed by atoms with van der Waals surface area (Å²) in [7, 11) is 0. The van der Waals surface area contributed by atoms with E-state index in [2.05, 4.69) is 51.2 Å². The predicted molar refractivity (Wildman–Crippen MR) is 150 cm³/mol. The lowest BCUT2D eigenvalue weighted by molar-refractivity contribution is -0.133. The summed E-state index contributed by atoms with van der Waals surface area (Å²) < 4.78 is 5.46. The first kappa shape index (κ1) is 26.1. The molecule has 0 radical (unpaired) electrons. The number of anilines is 4. The van der Waals surface area contributed by atoms with Gasteiger partial charge in [0.05, 0.1) is 19.8 Å². The van der Waals surface area contributed by atoms with Crippen LogP contribution in [0.2, 0.25) is 0 Å². The minimum atomic E-state index is 0.276. The van der Waals surface area contributed by atoms with Crippen LogP contribution in [-0.4, -0.2) is 104 Å². The molecule has 200 valence electrons. The van der Waals surface area contributed by atoms with Gasteiger partial charge >= 0.3 is 0 Å². The molecule has 0 spiro atoms. The summed E-state index contributed by atoms with van der Waals surface area (Å²) in [6.07, 6.45) is 4.25. The highest BCUT2D eigenvalue weighted by atomic mass is 32.2. The van der Waals surface area contributed by atoms with Crippen LogP contribution in [0.3, 0.4) is 0 Å². The van der Waals surface area contributed by atoms with Crippen LogP contribution in [0.5, 0.6) is 0 Å². The average Bonchev–Trinajstić information content (AvgIpc) is 2.94. The predicted octanol–water partition coefficient (Wildman–Crippen LogP) is 3.16. The first-order chi connectivity index (χ1) is 18.1. The van der Waals surface area contributed by atoms with Gasteiger partial charge in [0.25, 0.3) is 0 Å². The van der Waals surface area contributed by atoms with Crippen LogP contribution in [0.25, 0.3) is 0 Å². The van der Waals surface area contributed by atoms with Crippen molar-refractivity contribution in [2.45, 2.75) is 24.9 Å². The lowest BCUT2D eigenvalue weighted by atomic mass is 9.99. The fraction of sp³-hybridized carbons (Fsp3) is 0.593. The monoisotopic (exact) mass is 525 g/mol. The molecule has 1 aromatic heterocycles. The molecule has 1 N–H and O–H groups in total. The van der Waals surface area contributed by atoms with Crippen molar-refractivity contribution in [2.24, 2.45) is 5.92 Å². The van der Waals surface area contributed by atoms with E-state index in [1.54, 1.807) is 11.8 Å². The summed E-state index contributed by atoms with van der Waals surface area (Å²) in [6.45, 7) is 11.5. The van der Waals surface area contributed by atoms with E-state index in [-0.39, 0.29) is 5.91 Å². The SMILES string of the molecule is CSc1nc(Nc2ccc(N3CCOCC3)cc2)cc(N2CCN(CC(=O)N3CCC(C)CC3)CC2)n1. The summed E-state index contributed by atoms with van der Waals surface area (Å²) in [6, 6.07) is 10.5. The number of piperidine rings is 1. The molecule has 3 saturated heterocycles. The van der Waals surface area contributed by atoms with Crippen LogP contribution in [0, 0.1) is 5.92 Å². The molecule has 9 nitrogen and oxygen atoms in total. The minimum Gasteiger partial charge on any atom is -0.378 e. The number of hydrogen-bond acceptors (Lipinski definition) is 9. The van der Waals surface area contributed by atoms with E-state index in [1.165, 1.54) is 5.69 Å². The van der Waals surface area contributed by atoms with E-state index < -0.39 is 0 Å². The van der Waals surface area contributed by atoms with Gasteiger partial charge < -0.3 is 24.8 Å². The Balaban J connectivity index is 1.17. The Labute approximate surface area is 224 Å². The van der Waals surface area contributed by atoms with E-state index in [0.29, 0.717) is 6.54 Å². The molecular weight excluding hydrogens is 486 g/mol. The largest absolute Gasteiger partial charge is 0.378 e. The van der Waals surface area contributed by atoms with Gasteiger partial charge in [-0.3, -0.25) is 9.69 Å². The fourth-order valence-corrected chi connectivity index (χ4v) is 5.51. The molecule has 0 bridgehead atoms. The van der Waals surface area contributed by atoms with Crippen LogP contribution in [0.15, 0.2) is 35.5 Å². The maximum Gasteiger partial charge on any atom is 0.236 e. The van der Waals surface area contributed by atoms with Gasteiger partial charge in [-0.05, 0) is 49.3 Å². The third-order valence-electron chi connectivity index (χ3n) is 7.58. The van der Waals surface area contributed by atoms with Crippen molar-refractivity contribution in [3.63, 3.8) is 0 Å². The number of benzene rings is 1. The van der Waals surface area contributed by atoms with E-state index in [1.807, 2.05) is 17.2 Å². The molecule has 0 unspecified atom stereocenters. The van der Waals surface area contributed by atoms with Gasteiger partial charge in [-0.25, -0.2) is 9.97 Å². The molecule has 5 rings (SSSR count). The van der Waals surface area contributed by atoms with Gasteiger partial charge in [0, 0.05) is 69.8 Å². The van der Waals surface area contributed by atoms with E-state index in [4.69, 9.17) is 14.7 Å². The Bertz CT molecular complexity index is 1030. The smallest absolute Gasteiger partial charge is 0.236 e. The molecule has 3 fully saturated rings.